The first kappa shape index (κ1) is 13.1. The molecular weight excluding hydrogens is 323 g/mol. The number of alkyl halides is 1. The van der Waals surface area contributed by atoms with Gasteiger partial charge in [0, 0.05) is 21.7 Å². The summed E-state index contributed by atoms with van der Waals surface area (Å²) < 4.78 is 0.507. The van der Waals surface area contributed by atoms with Crippen LogP contribution >= 0.6 is 22.6 Å². The first-order valence-electron chi connectivity index (χ1n) is 6.25. The summed E-state index contributed by atoms with van der Waals surface area (Å²) in [6, 6.07) is 0. The van der Waals surface area contributed by atoms with Crippen molar-refractivity contribution in [1.82, 2.24) is 10.2 Å². The molecule has 1 unspecified atom stereocenters. The summed E-state index contributed by atoms with van der Waals surface area (Å²) in [6.45, 7) is 8.89. The molecule has 1 heterocycles. The van der Waals surface area contributed by atoms with E-state index in [0.717, 1.165) is 13.2 Å². The molecule has 2 aliphatic rings. The van der Waals surface area contributed by atoms with Crippen LogP contribution < -0.4 is 5.32 Å². The molecule has 0 spiro atoms. The van der Waals surface area contributed by atoms with Crippen molar-refractivity contribution in [3.05, 3.63) is 35.6 Å². The van der Waals surface area contributed by atoms with Gasteiger partial charge in [0.2, 0.25) is 0 Å². The van der Waals surface area contributed by atoms with Gasteiger partial charge in [0.25, 0.3) is 0 Å². The Morgan fingerprint density at radius 2 is 2.12 bits per heavy atom. The van der Waals surface area contributed by atoms with E-state index < -0.39 is 0 Å². The molecule has 94 valence electrons. The van der Waals surface area contributed by atoms with E-state index in [1.165, 1.54) is 17.7 Å². The molecule has 0 saturated carbocycles. The smallest absolute Gasteiger partial charge is 0.0685 e. The van der Waals surface area contributed by atoms with E-state index in [4.69, 9.17) is 0 Å². The lowest BCUT2D eigenvalue weighted by molar-refractivity contribution is 0.114. The molecule has 0 radical (unpaired) electrons. The van der Waals surface area contributed by atoms with E-state index >= 15 is 0 Å². The van der Waals surface area contributed by atoms with E-state index in [2.05, 4.69) is 77.9 Å². The van der Waals surface area contributed by atoms with E-state index in [1.54, 1.807) is 0 Å². The van der Waals surface area contributed by atoms with E-state index in [0.29, 0.717) is 3.92 Å². The minimum Gasteiger partial charge on any atom is -0.372 e. The van der Waals surface area contributed by atoms with Gasteiger partial charge in [-0.2, -0.15) is 0 Å². The van der Waals surface area contributed by atoms with Gasteiger partial charge in [-0.25, -0.2) is 0 Å². The molecule has 1 N–H and O–H groups in total. The second-order valence-electron chi connectivity index (χ2n) is 5.30. The molecule has 1 aliphatic carbocycles. The molecule has 1 atom stereocenters. The second kappa shape index (κ2) is 5.14. The lowest BCUT2D eigenvalue weighted by Crippen LogP contribution is -2.51. The van der Waals surface area contributed by atoms with Gasteiger partial charge in [0.05, 0.1) is 6.67 Å². The van der Waals surface area contributed by atoms with Crippen molar-refractivity contribution in [2.75, 3.05) is 13.2 Å². The summed E-state index contributed by atoms with van der Waals surface area (Å²) in [5.74, 6) is 0. The molecule has 0 bridgehead atoms. The van der Waals surface area contributed by atoms with Gasteiger partial charge in [-0.05, 0) is 31.9 Å². The summed E-state index contributed by atoms with van der Waals surface area (Å²) in [7, 11) is 0. The molecule has 0 amide bonds. The average molecular weight is 344 g/mol. The first-order chi connectivity index (χ1) is 8.03. The Hall–Kier alpha value is -0.290. The molecular formula is C14H21IN2. The van der Waals surface area contributed by atoms with Crippen LogP contribution in [0.5, 0.6) is 0 Å². The van der Waals surface area contributed by atoms with Gasteiger partial charge in [0.15, 0.2) is 0 Å². The van der Waals surface area contributed by atoms with Crippen LogP contribution in [0.15, 0.2) is 35.6 Å². The molecule has 0 fully saturated rings. The maximum absolute atomic E-state index is 3.54. The van der Waals surface area contributed by atoms with Crippen molar-refractivity contribution in [3.63, 3.8) is 0 Å². The Bertz CT molecular complexity index is 380. The summed E-state index contributed by atoms with van der Waals surface area (Å²) in [4.78, 5) is 2.51. The van der Waals surface area contributed by atoms with Crippen LogP contribution in [0.3, 0.4) is 0 Å². The molecule has 0 aromatic heterocycles. The Labute approximate surface area is 118 Å². The maximum atomic E-state index is 3.54. The predicted molar refractivity (Wildman–Crippen MR) is 82.2 cm³/mol. The van der Waals surface area contributed by atoms with E-state index in [9.17, 15) is 0 Å². The van der Waals surface area contributed by atoms with Gasteiger partial charge < -0.3 is 5.32 Å². The molecule has 1 aliphatic heterocycles. The highest BCUT2D eigenvalue weighted by Gasteiger charge is 2.28. The zero-order chi connectivity index (χ0) is 12.5. The van der Waals surface area contributed by atoms with Crippen LogP contribution in [0.2, 0.25) is 0 Å². The van der Waals surface area contributed by atoms with Gasteiger partial charge >= 0.3 is 0 Å². The third-order valence-corrected chi connectivity index (χ3v) is 4.65. The van der Waals surface area contributed by atoms with Crippen LogP contribution in [0.4, 0.5) is 0 Å². The first-order valence-corrected chi connectivity index (χ1v) is 7.50. The maximum Gasteiger partial charge on any atom is 0.0685 e. The SMILES string of the molecule is CCC(C)(C)N1CNC2=C(C=CC(I)C=C2)C1. The molecule has 0 aromatic rings. The van der Waals surface area contributed by atoms with Crippen molar-refractivity contribution >= 4 is 22.6 Å². The highest BCUT2D eigenvalue weighted by molar-refractivity contribution is 14.1. The number of nitrogens with one attached hydrogen (secondary N) is 1. The molecule has 0 aromatic carbocycles. The van der Waals surface area contributed by atoms with Gasteiger partial charge in [-0.15, -0.1) is 0 Å². The molecule has 3 heteroatoms. The van der Waals surface area contributed by atoms with Crippen LogP contribution in [0, 0.1) is 0 Å². The lowest BCUT2D eigenvalue weighted by atomic mass is 9.97. The summed E-state index contributed by atoms with van der Waals surface area (Å²) in [5, 5.41) is 3.54. The monoisotopic (exact) mass is 344 g/mol. The molecule has 0 saturated heterocycles. The minimum atomic E-state index is 0.263. The zero-order valence-corrected chi connectivity index (χ0v) is 13.0. The fraction of sp³-hybridized carbons (Fsp3) is 0.571. The summed E-state index contributed by atoms with van der Waals surface area (Å²) in [6.07, 6.45) is 10.2. The highest BCUT2D eigenvalue weighted by Crippen LogP contribution is 2.25. The number of nitrogens with zero attached hydrogens (tertiary/aromatic N) is 1. The molecule has 17 heavy (non-hydrogen) atoms. The number of hydrogen-bond donors (Lipinski definition) is 1. The Morgan fingerprint density at radius 1 is 1.41 bits per heavy atom. The van der Waals surface area contributed by atoms with Gasteiger partial charge in [0.1, 0.15) is 0 Å². The van der Waals surface area contributed by atoms with Gasteiger partial charge in [-0.3, -0.25) is 4.90 Å². The topological polar surface area (TPSA) is 15.3 Å². The third kappa shape index (κ3) is 2.94. The number of rotatable bonds is 2. The van der Waals surface area contributed by atoms with Crippen LogP contribution in [0.1, 0.15) is 27.2 Å². The normalized spacial score (nSPS) is 25.5. The Morgan fingerprint density at radius 3 is 2.82 bits per heavy atom. The van der Waals surface area contributed by atoms with Crippen LogP contribution in [-0.2, 0) is 0 Å². The molecule has 2 rings (SSSR count). The fourth-order valence-electron chi connectivity index (χ4n) is 2.06. The largest absolute Gasteiger partial charge is 0.372 e. The quantitative estimate of drug-likeness (QED) is 0.611. The minimum absolute atomic E-state index is 0.263. The number of allylic oxidation sites excluding steroid dienone is 3. The Balaban J connectivity index is 2.18. The van der Waals surface area contributed by atoms with Gasteiger partial charge in [-0.1, -0.05) is 47.7 Å². The number of halogens is 1. The van der Waals surface area contributed by atoms with Crippen LogP contribution in [-0.4, -0.2) is 27.6 Å². The van der Waals surface area contributed by atoms with E-state index in [-0.39, 0.29) is 5.54 Å². The molecule has 2 nitrogen and oxygen atoms in total. The lowest BCUT2D eigenvalue weighted by Gasteiger charge is -2.41. The summed E-state index contributed by atoms with van der Waals surface area (Å²) in [5.41, 5.74) is 2.97. The average Bonchev–Trinajstić information content (AvgIpc) is 2.51. The fourth-order valence-corrected chi connectivity index (χ4v) is 2.48. The van der Waals surface area contributed by atoms with Crippen molar-refractivity contribution < 1.29 is 0 Å². The van der Waals surface area contributed by atoms with Crippen molar-refractivity contribution in [2.45, 2.75) is 36.7 Å². The van der Waals surface area contributed by atoms with Crippen molar-refractivity contribution in [2.24, 2.45) is 0 Å². The summed E-state index contributed by atoms with van der Waals surface area (Å²) >= 11 is 2.44. The van der Waals surface area contributed by atoms with Crippen molar-refractivity contribution in [3.8, 4) is 0 Å². The third-order valence-electron chi connectivity index (χ3n) is 3.82. The van der Waals surface area contributed by atoms with Crippen LogP contribution in [0.25, 0.3) is 0 Å². The predicted octanol–water partition coefficient (Wildman–Crippen LogP) is 3.22. The highest BCUT2D eigenvalue weighted by atomic mass is 127. The zero-order valence-electron chi connectivity index (χ0n) is 10.8. The van der Waals surface area contributed by atoms with E-state index in [1.807, 2.05) is 0 Å². The standard InChI is InChI=1S/C14H21IN2/c1-4-14(2,3)17-9-11-5-6-12(15)7-8-13(11)16-10-17/h5-8,12,16H,4,9-10H2,1-3H3. The number of hydrogen-bond acceptors (Lipinski definition) is 2. The van der Waals surface area contributed by atoms with Crippen molar-refractivity contribution in [1.29, 1.82) is 0 Å². The Kier molecular flexibility index (Phi) is 3.98. The second-order valence-corrected chi connectivity index (χ2v) is 6.74.